The van der Waals surface area contributed by atoms with E-state index in [0.29, 0.717) is 5.69 Å². The lowest BCUT2D eigenvalue weighted by molar-refractivity contribution is -0.131. The maximum Gasteiger partial charge on any atom is 0.308 e. The Hall–Kier alpha value is -4.06. The Balaban J connectivity index is 2.02. The van der Waals surface area contributed by atoms with Crippen molar-refractivity contribution in [3.8, 4) is 5.75 Å². The van der Waals surface area contributed by atoms with Crippen LogP contribution in [0.15, 0.2) is 60.7 Å². The molecule has 3 aromatic rings. The van der Waals surface area contributed by atoms with Crippen molar-refractivity contribution in [1.29, 1.82) is 0 Å². The average Bonchev–Trinajstić information content (AvgIpc) is 2.73. The number of esters is 1. The van der Waals surface area contributed by atoms with E-state index in [4.69, 9.17) is 4.74 Å². The van der Waals surface area contributed by atoms with Crippen molar-refractivity contribution in [2.45, 2.75) is 20.8 Å². The molecule has 0 N–H and O–H groups in total. The number of nitrogens with zero attached hydrogens (tertiary/aromatic N) is 1. The highest BCUT2D eigenvalue weighted by Crippen LogP contribution is 2.41. The van der Waals surface area contributed by atoms with E-state index >= 15 is 0 Å². The highest BCUT2D eigenvalue weighted by Gasteiger charge is 2.36. The highest BCUT2D eigenvalue weighted by atomic mass is 16.5. The lowest BCUT2D eigenvalue weighted by Gasteiger charge is -2.28. The number of hydrogen-bond donors (Lipinski definition) is 0. The first-order valence-corrected chi connectivity index (χ1v) is 9.70. The molecule has 31 heavy (non-hydrogen) atoms. The summed E-state index contributed by atoms with van der Waals surface area (Å²) in [6, 6.07) is 16.7. The van der Waals surface area contributed by atoms with Crippen LogP contribution < -0.4 is 9.64 Å². The van der Waals surface area contributed by atoms with Crippen molar-refractivity contribution < 1.29 is 23.9 Å². The molecule has 0 aromatic heterocycles. The molecule has 154 valence electrons. The van der Waals surface area contributed by atoms with Crippen LogP contribution in [-0.2, 0) is 9.59 Å². The first-order valence-electron chi connectivity index (χ1n) is 9.70. The molecule has 0 saturated carbocycles. The molecule has 4 rings (SSSR count). The summed E-state index contributed by atoms with van der Waals surface area (Å²) in [5.41, 5.74) is 2.33. The summed E-state index contributed by atoms with van der Waals surface area (Å²) in [5, 5.41) is 0. The van der Waals surface area contributed by atoms with Gasteiger partial charge in [0.25, 0.3) is 0 Å². The second kappa shape index (κ2) is 7.65. The van der Waals surface area contributed by atoms with Gasteiger partial charge in [-0.2, -0.15) is 0 Å². The van der Waals surface area contributed by atoms with Gasteiger partial charge < -0.3 is 4.74 Å². The van der Waals surface area contributed by atoms with Gasteiger partial charge in [-0.15, -0.1) is 0 Å². The average molecular weight is 413 g/mol. The zero-order valence-electron chi connectivity index (χ0n) is 17.3. The quantitative estimate of drug-likeness (QED) is 0.368. The minimum absolute atomic E-state index is 0.00786. The second-order valence-corrected chi connectivity index (χ2v) is 7.32. The minimum Gasteiger partial charge on any atom is -0.426 e. The van der Waals surface area contributed by atoms with Crippen LogP contribution in [0.5, 0.6) is 5.75 Å². The lowest BCUT2D eigenvalue weighted by atomic mass is 9.82. The number of carbonyl (C=O) groups is 4. The summed E-state index contributed by atoms with van der Waals surface area (Å²) < 4.78 is 5.25. The Morgan fingerprint density at radius 3 is 1.90 bits per heavy atom. The zero-order chi connectivity index (χ0) is 22.3. The van der Waals surface area contributed by atoms with Gasteiger partial charge in [0.05, 0.1) is 16.8 Å². The monoisotopic (exact) mass is 413 g/mol. The van der Waals surface area contributed by atoms with Gasteiger partial charge in [0.2, 0.25) is 5.91 Å². The predicted molar refractivity (Wildman–Crippen MR) is 115 cm³/mol. The van der Waals surface area contributed by atoms with Gasteiger partial charge in [-0.1, -0.05) is 42.0 Å². The molecule has 0 unspecified atom stereocenters. The number of hydrogen-bond acceptors (Lipinski definition) is 5. The number of fused-ring (bicyclic) bond motifs is 2. The molecular weight excluding hydrogens is 394 g/mol. The second-order valence-electron chi connectivity index (χ2n) is 7.32. The maximum atomic E-state index is 13.5. The molecule has 0 bridgehead atoms. The third-order valence-corrected chi connectivity index (χ3v) is 5.12. The number of ketones is 2. The number of carbonyl (C=O) groups excluding carboxylic acids is 4. The third-order valence-electron chi connectivity index (χ3n) is 5.12. The van der Waals surface area contributed by atoms with Gasteiger partial charge in [0, 0.05) is 30.7 Å². The smallest absolute Gasteiger partial charge is 0.308 e. The molecular formula is C25H19NO5. The molecule has 1 aliphatic carbocycles. The molecule has 0 saturated heterocycles. The van der Waals surface area contributed by atoms with Crippen molar-refractivity contribution in [3.63, 3.8) is 0 Å². The number of amides is 1. The molecule has 6 nitrogen and oxygen atoms in total. The van der Waals surface area contributed by atoms with Crippen LogP contribution in [0.4, 0.5) is 11.4 Å². The highest BCUT2D eigenvalue weighted by molar-refractivity contribution is 6.32. The van der Waals surface area contributed by atoms with Crippen molar-refractivity contribution >= 4 is 34.8 Å². The van der Waals surface area contributed by atoms with Crippen LogP contribution in [0.25, 0.3) is 0 Å². The molecule has 0 fully saturated rings. The Kier molecular flexibility index (Phi) is 4.99. The molecule has 0 radical (unpaired) electrons. The van der Waals surface area contributed by atoms with Crippen molar-refractivity contribution in [2.75, 3.05) is 4.90 Å². The molecule has 1 amide bonds. The van der Waals surface area contributed by atoms with E-state index in [1.165, 1.54) is 30.9 Å². The SMILES string of the molecule is CC(=O)Oc1ccc(N(C(C)=O)c2ccc(C)cc2)c2c1C(=O)c1ccccc1C2=O. The fourth-order valence-corrected chi connectivity index (χ4v) is 3.79. The fraction of sp³-hybridized carbons (Fsp3) is 0.120. The van der Waals surface area contributed by atoms with E-state index < -0.39 is 17.5 Å². The van der Waals surface area contributed by atoms with Gasteiger partial charge in [0.1, 0.15) is 5.75 Å². The van der Waals surface area contributed by atoms with Crippen LogP contribution in [0.1, 0.15) is 51.3 Å². The van der Waals surface area contributed by atoms with Crippen molar-refractivity contribution in [2.24, 2.45) is 0 Å². The molecule has 1 aliphatic rings. The summed E-state index contributed by atoms with van der Waals surface area (Å²) >= 11 is 0. The van der Waals surface area contributed by atoms with Gasteiger partial charge in [0.15, 0.2) is 11.6 Å². The zero-order valence-corrected chi connectivity index (χ0v) is 17.3. The van der Waals surface area contributed by atoms with Gasteiger partial charge in [-0.3, -0.25) is 24.1 Å². The third kappa shape index (κ3) is 3.42. The van der Waals surface area contributed by atoms with Gasteiger partial charge in [-0.05, 0) is 31.2 Å². The largest absolute Gasteiger partial charge is 0.426 e. The Morgan fingerprint density at radius 1 is 0.774 bits per heavy atom. The summed E-state index contributed by atoms with van der Waals surface area (Å²) in [5.74, 6) is -1.80. The van der Waals surface area contributed by atoms with E-state index in [-0.39, 0.29) is 39.6 Å². The minimum atomic E-state index is -0.615. The van der Waals surface area contributed by atoms with E-state index in [2.05, 4.69) is 0 Å². The summed E-state index contributed by atoms with van der Waals surface area (Å²) in [4.78, 5) is 52.5. The fourth-order valence-electron chi connectivity index (χ4n) is 3.79. The van der Waals surface area contributed by atoms with Crippen LogP contribution in [0, 0.1) is 6.92 Å². The van der Waals surface area contributed by atoms with Crippen molar-refractivity contribution in [3.05, 3.63) is 88.5 Å². The standard InChI is InChI=1S/C25H19NO5/c1-14-8-10-17(11-9-14)26(15(2)27)20-12-13-21(31-16(3)28)23-22(20)24(29)18-6-4-5-7-19(18)25(23)30/h4-13H,1-3H3. The normalized spacial score (nSPS) is 12.1. The summed E-state index contributed by atoms with van der Waals surface area (Å²) in [7, 11) is 0. The summed E-state index contributed by atoms with van der Waals surface area (Å²) in [6.07, 6.45) is 0. The predicted octanol–water partition coefficient (Wildman–Crippen LogP) is 4.38. The number of aryl methyl sites for hydroxylation is 1. The number of rotatable bonds is 3. The Morgan fingerprint density at radius 2 is 1.35 bits per heavy atom. The first-order chi connectivity index (χ1) is 14.8. The number of anilines is 2. The van der Waals surface area contributed by atoms with E-state index in [1.54, 1.807) is 36.4 Å². The molecule has 0 aliphatic heterocycles. The van der Waals surface area contributed by atoms with Gasteiger partial charge in [-0.25, -0.2) is 0 Å². The molecule has 3 aromatic carbocycles. The van der Waals surface area contributed by atoms with E-state index in [1.807, 2.05) is 19.1 Å². The summed E-state index contributed by atoms with van der Waals surface area (Å²) in [6.45, 7) is 4.53. The number of ether oxygens (including phenoxy) is 1. The van der Waals surface area contributed by atoms with Gasteiger partial charge >= 0.3 is 5.97 Å². The molecule has 0 spiro atoms. The van der Waals surface area contributed by atoms with Crippen LogP contribution in [-0.4, -0.2) is 23.4 Å². The number of benzene rings is 3. The van der Waals surface area contributed by atoms with Crippen molar-refractivity contribution in [1.82, 2.24) is 0 Å². The molecule has 0 heterocycles. The van der Waals surface area contributed by atoms with E-state index in [9.17, 15) is 19.2 Å². The Labute approximate surface area is 179 Å². The van der Waals surface area contributed by atoms with E-state index in [0.717, 1.165) is 5.56 Å². The van der Waals surface area contributed by atoms with Crippen LogP contribution >= 0.6 is 0 Å². The maximum absolute atomic E-state index is 13.5. The van der Waals surface area contributed by atoms with Crippen LogP contribution in [0.3, 0.4) is 0 Å². The van der Waals surface area contributed by atoms with Crippen LogP contribution in [0.2, 0.25) is 0 Å². The molecule has 6 heteroatoms. The topological polar surface area (TPSA) is 80.8 Å². The lowest BCUT2D eigenvalue weighted by Crippen LogP contribution is -2.29. The molecule has 0 atom stereocenters. The Bertz CT molecular complexity index is 1260. The first kappa shape index (κ1) is 20.2.